The Morgan fingerprint density at radius 1 is 1.18 bits per heavy atom. The van der Waals surface area contributed by atoms with E-state index in [0.717, 1.165) is 0 Å². The van der Waals surface area contributed by atoms with Crippen molar-refractivity contribution in [1.29, 1.82) is 0 Å². The van der Waals surface area contributed by atoms with Crippen LogP contribution in [-0.2, 0) is 14.4 Å². The predicted molar refractivity (Wildman–Crippen MR) is 56.9 cm³/mol. The summed E-state index contributed by atoms with van der Waals surface area (Å²) in [5.41, 5.74) is 13.4. The molecule has 17 heavy (non-hydrogen) atoms. The molecule has 0 aromatic carbocycles. The average Bonchev–Trinajstić information content (AvgIpc) is 2.17. The van der Waals surface area contributed by atoms with E-state index in [-0.39, 0.29) is 6.42 Å². The molecule has 0 saturated carbocycles. The van der Waals surface area contributed by atoms with Crippen molar-refractivity contribution in [2.24, 2.45) is 17.2 Å². The summed E-state index contributed by atoms with van der Waals surface area (Å²) in [7, 11) is 0. The quantitative estimate of drug-likeness (QED) is 0.299. The lowest BCUT2D eigenvalue weighted by Gasteiger charge is -2.14. The molecule has 0 saturated heterocycles. The van der Waals surface area contributed by atoms with E-state index in [1.165, 1.54) is 0 Å². The van der Waals surface area contributed by atoms with Gasteiger partial charge in [0.1, 0.15) is 6.04 Å². The van der Waals surface area contributed by atoms with Crippen molar-refractivity contribution in [3.63, 3.8) is 0 Å². The summed E-state index contributed by atoms with van der Waals surface area (Å²) in [5.74, 6) is -3.66. The van der Waals surface area contributed by atoms with E-state index in [2.05, 4.69) is 0 Å². The first-order valence-corrected chi connectivity index (χ1v) is 4.56. The van der Waals surface area contributed by atoms with Crippen molar-refractivity contribution in [3.05, 3.63) is 0 Å². The van der Waals surface area contributed by atoms with E-state index >= 15 is 0 Å². The summed E-state index contributed by atoms with van der Waals surface area (Å²) in [6.07, 6.45) is -0.294. The predicted octanol–water partition coefficient (Wildman–Crippen LogP) is -2.03. The Bertz CT molecular complexity index is 291. The first kappa shape index (κ1) is 17.7. The monoisotopic (exact) mass is 251 g/mol. The Morgan fingerprint density at radius 3 is 1.65 bits per heavy atom. The highest BCUT2D eigenvalue weighted by atomic mass is 16.4. The minimum atomic E-state index is -1.54. The second-order valence-electron chi connectivity index (χ2n) is 3.24. The second kappa shape index (κ2) is 7.54. The van der Waals surface area contributed by atoms with E-state index in [9.17, 15) is 14.4 Å². The third kappa shape index (κ3) is 9.23. The fourth-order valence-corrected chi connectivity index (χ4v) is 0.427. The molecule has 0 aromatic heterocycles. The molecular weight excluding hydrogens is 234 g/mol. The van der Waals surface area contributed by atoms with Gasteiger partial charge in [-0.3, -0.25) is 9.59 Å². The van der Waals surface area contributed by atoms with Crippen molar-refractivity contribution < 1.29 is 29.7 Å². The van der Waals surface area contributed by atoms with Crippen LogP contribution in [0.2, 0.25) is 0 Å². The van der Waals surface area contributed by atoms with Crippen LogP contribution in [-0.4, -0.2) is 44.9 Å². The zero-order chi connectivity index (χ0) is 14.2. The Morgan fingerprint density at radius 2 is 1.59 bits per heavy atom. The highest BCUT2D eigenvalue weighted by Gasteiger charge is 2.25. The van der Waals surface area contributed by atoms with Gasteiger partial charge >= 0.3 is 17.9 Å². The van der Waals surface area contributed by atoms with Gasteiger partial charge in [-0.25, -0.2) is 4.79 Å². The van der Waals surface area contributed by atoms with Crippen LogP contribution in [0.25, 0.3) is 0 Å². The lowest BCUT2D eigenvalue weighted by atomic mass is 10.1. The van der Waals surface area contributed by atoms with E-state index in [0.29, 0.717) is 0 Å². The van der Waals surface area contributed by atoms with E-state index in [1.54, 1.807) is 6.92 Å². The summed E-state index contributed by atoms with van der Waals surface area (Å²) in [5, 5.41) is 24.2. The van der Waals surface area contributed by atoms with Gasteiger partial charge in [0.2, 0.25) is 0 Å². The standard InChI is InChI=1S/C4H10N2O2.C4H7NO4/c1-2-4(5,6)3(7)8;5-2(4(8)9)1-3(6)7/h2,5-6H2,1H3,(H,7,8);2H,1,5H2,(H,6,7)(H,8,9)/t;2-/m.0/s1. The summed E-state index contributed by atoms with van der Waals surface area (Å²) in [6.45, 7) is 1.62. The largest absolute Gasteiger partial charge is 0.481 e. The van der Waals surface area contributed by atoms with Gasteiger partial charge in [-0.2, -0.15) is 0 Å². The Labute approximate surface area is 97.2 Å². The van der Waals surface area contributed by atoms with Crippen LogP contribution < -0.4 is 17.2 Å². The zero-order valence-corrected chi connectivity index (χ0v) is 9.29. The fourth-order valence-electron chi connectivity index (χ4n) is 0.427. The first-order chi connectivity index (χ1) is 7.54. The van der Waals surface area contributed by atoms with E-state index in [4.69, 9.17) is 32.5 Å². The molecule has 0 aliphatic carbocycles. The molecule has 0 radical (unpaired) electrons. The molecule has 0 bridgehead atoms. The van der Waals surface area contributed by atoms with E-state index < -0.39 is 36.0 Å². The SMILES string of the molecule is CCC(N)(N)C(=O)O.N[C@@H](CC(=O)O)C(=O)O. The molecule has 100 valence electrons. The van der Waals surface area contributed by atoms with Gasteiger partial charge in [-0.1, -0.05) is 6.92 Å². The number of rotatable bonds is 5. The van der Waals surface area contributed by atoms with Gasteiger partial charge in [0.25, 0.3) is 0 Å². The summed E-state index contributed by atoms with van der Waals surface area (Å²) < 4.78 is 0. The maximum Gasteiger partial charge on any atom is 0.338 e. The maximum atomic E-state index is 10.0. The number of carboxylic acids is 3. The molecule has 0 aliphatic rings. The maximum absolute atomic E-state index is 10.0. The van der Waals surface area contributed by atoms with Gasteiger partial charge in [-0.15, -0.1) is 0 Å². The normalized spacial score (nSPS) is 12.0. The molecule has 0 heterocycles. The fraction of sp³-hybridized carbons (Fsp3) is 0.625. The summed E-state index contributed by atoms with van der Waals surface area (Å²) in [4.78, 5) is 29.6. The molecule has 0 aliphatic heterocycles. The summed E-state index contributed by atoms with van der Waals surface area (Å²) >= 11 is 0. The van der Waals surface area contributed by atoms with Crippen molar-refractivity contribution >= 4 is 17.9 Å². The van der Waals surface area contributed by atoms with Gasteiger partial charge in [0, 0.05) is 0 Å². The molecule has 0 unspecified atom stereocenters. The number of aliphatic carboxylic acids is 3. The molecule has 0 fully saturated rings. The molecule has 0 amide bonds. The molecule has 9 heteroatoms. The highest BCUT2D eigenvalue weighted by molar-refractivity contribution is 5.80. The summed E-state index contributed by atoms with van der Waals surface area (Å²) in [6, 6.07) is -1.29. The molecular formula is C8H17N3O6. The minimum Gasteiger partial charge on any atom is -0.481 e. The van der Waals surface area contributed by atoms with Crippen LogP contribution >= 0.6 is 0 Å². The van der Waals surface area contributed by atoms with Gasteiger partial charge in [0.05, 0.1) is 6.42 Å². The molecule has 0 aromatic rings. The van der Waals surface area contributed by atoms with Crippen LogP contribution in [0.3, 0.4) is 0 Å². The Kier molecular flexibility index (Phi) is 7.85. The van der Waals surface area contributed by atoms with Crippen LogP contribution in [0.5, 0.6) is 0 Å². The minimum absolute atomic E-state index is 0.238. The van der Waals surface area contributed by atoms with Crippen LogP contribution in [0.1, 0.15) is 19.8 Å². The van der Waals surface area contributed by atoms with Crippen molar-refractivity contribution in [3.8, 4) is 0 Å². The third-order valence-corrected chi connectivity index (χ3v) is 1.69. The lowest BCUT2D eigenvalue weighted by Crippen LogP contribution is -2.55. The van der Waals surface area contributed by atoms with Crippen LogP contribution in [0.15, 0.2) is 0 Å². The molecule has 9 nitrogen and oxygen atoms in total. The van der Waals surface area contributed by atoms with Crippen molar-refractivity contribution in [2.75, 3.05) is 0 Å². The van der Waals surface area contributed by atoms with Gasteiger partial charge < -0.3 is 32.5 Å². The number of carboxylic acid groups (broad SMARTS) is 3. The van der Waals surface area contributed by atoms with Crippen LogP contribution in [0, 0.1) is 0 Å². The number of hydrogen-bond donors (Lipinski definition) is 6. The number of carbonyl (C=O) groups is 3. The number of nitrogens with two attached hydrogens (primary N) is 3. The van der Waals surface area contributed by atoms with E-state index in [1.807, 2.05) is 0 Å². The Hall–Kier alpha value is -1.71. The molecule has 1 atom stereocenters. The topological polar surface area (TPSA) is 190 Å². The van der Waals surface area contributed by atoms with Crippen molar-refractivity contribution in [1.82, 2.24) is 0 Å². The highest BCUT2D eigenvalue weighted by Crippen LogP contribution is 1.94. The Balaban J connectivity index is 0. The lowest BCUT2D eigenvalue weighted by molar-refractivity contribution is -0.144. The molecule has 9 N–H and O–H groups in total. The molecule has 0 spiro atoms. The molecule has 0 rings (SSSR count). The van der Waals surface area contributed by atoms with Gasteiger partial charge in [0.15, 0.2) is 5.66 Å². The zero-order valence-electron chi connectivity index (χ0n) is 9.29. The van der Waals surface area contributed by atoms with Crippen LogP contribution in [0.4, 0.5) is 0 Å². The van der Waals surface area contributed by atoms with Crippen molar-refractivity contribution in [2.45, 2.75) is 31.5 Å². The average molecular weight is 251 g/mol. The smallest absolute Gasteiger partial charge is 0.338 e. The second-order valence-corrected chi connectivity index (χ2v) is 3.24. The number of hydrogen-bond acceptors (Lipinski definition) is 6. The third-order valence-electron chi connectivity index (χ3n) is 1.69. The first-order valence-electron chi connectivity index (χ1n) is 4.56. The van der Waals surface area contributed by atoms with Gasteiger partial charge in [-0.05, 0) is 6.42 Å².